The SMILES string of the molecule is CCS(=O)(=O)c1ccc(N2CCC(NC(=O)c3cnc(-c4ccccc4)s3)CC2)cc1. The third-order valence-corrected chi connectivity index (χ3v) is 8.32. The van der Waals surface area contributed by atoms with Gasteiger partial charge in [-0.05, 0) is 37.1 Å². The second-order valence-electron chi connectivity index (χ2n) is 7.53. The van der Waals surface area contributed by atoms with Gasteiger partial charge in [0.1, 0.15) is 9.88 Å². The highest BCUT2D eigenvalue weighted by molar-refractivity contribution is 7.91. The molecule has 0 unspecified atom stereocenters. The molecule has 2 aromatic carbocycles. The number of thiazole rings is 1. The van der Waals surface area contributed by atoms with Gasteiger partial charge in [-0.1, -0.05) is 37.3 Å². The Bertz CT molecular complexity index is 1130. The second-order valence-corrected chi connectivity index (χ2v) is 10.8. The van der Waals surface area contributed by atoms with Crippen molar-refractivity contribution in [1.29, 1.82) is 0 Å². The third kappa shape index (κ3) is 4.97. The number of aromatic nitrogens is 1. The van der Waals surface area contributed by atoms with E-state index in [1.54, 1.807) is 25.3 Å². The standard InChI is InChI=1S/C23H25N3O3S2/c1-2-31(28,29)20-10-8-19(9-11-20)26-14-12-18(13-15-26)25-22(27)21-16-24-23(30-21)17-6-4-3-5-7-17/h3-11,16,18H,2,12-15H2,1H3,(H,25,27). The summed E-state index contributed by atoms with van der Waals surface area (Å²) in [5.41, 5.74) is 2.02. The minimum absolute atomic E-state index is 0.0766. The molecule has 0 saturated carbocycles. The van der Waals surface area contributed by atoms with Crippen LogP contribution in [-0.2, 0) is 9.84 Å². The quantitative estimate of drug-likeness (QED) is 0.608. The molecule has 3 aromatic rings. The molecular weight excluding hydrogens is 430 g/mol. The average Bonchev–Trinajstić information content (AvgIpc) is 3.31. The molecule has 0 aliphatic carbocycles. The summed E-state index contributed by atoms with van der Waals surface area (Å²) in [6.45, 7) is 3.27. The van der Waals surface area contributed by atoms with Crippen molar-refractivity contribution in [2.75, 3.05) is 23.7 Å². The number of sulfone groups is 1. The first-order valence-electron chi connectivity index (χ1n) is 10.4. The maximum atomic E-state index is 12.7. The number of hydrogen-bond acceptors (Lipinski definition) is 6. The highest BCUT2D eigenvalue weighted by atomic mass is 32.2. The van der Waals surface area contributed by atoms with Crippen LogP contribution in [0, 0.1) is 0 Å². The molecule has 1 aromatic heterocycles. The molecule has 0 atom stereocenters. The zero-order chi connectivity index (χ0) is 21.8. The highest BCUT2D eigenvalue weighted by Crippen LogP contribution is 2.26. The molecule has 0 spiro atoms. The Morgan fingerprint density at radius 2 is 1.77 bits per heavy atom. The Labute approximate surface area is 186 Å². The number of piperidine rings is 1. The number of amides is 1. The second kappa shape index (κ2) is 9.20. The maximum absolute atomic E-state index is 12.7. The molecule has 1 aliphatic rings. The van der Waals surface area contributed by atoms with Gasteiger partial charge in [0.2, 0.25) is 0 Å². The van der Waals surface area contributed by atoms with E-state index in [-0.39, 0.29) is 17.7 Å². The number of nitrogens with zero attached hydrogens (tertiary/aromatic N) is 2. The maximum Gasteiger partial charge on any atom is 0.263 e. The van der Waals surface area contributed by atoms with Crippen molar-refractivity contribution in [2.45, 2.75) is 30.7 Å². The van der Waals surface area contributed by atoms with Crippen molar-refractivity contribution in [3.8, 4) is 10.6 Å². The molecule has 1 N–H and O–H groups in total. The van der Waals surface area contributed by atoms with Gasteiger partial charge in [-0.25, -0.2) is 13.4 Å². The van der Waals surface area contributed by atoms with Gasteiger partial charge in [-0.2, -0.15) is 0 Å². The van der Waals surface area contributed by atoms with E-state index in [0.717, 1.165) is 42.2 Å². The number of anilines is 1. The molecule has 1 saturated heterocycles. The van der Waals surface area contributed by atoms with Crippen LogP contribution in [0.25, 0.3) is 10.6 Å². The summed E-state index contributed by atoms with van der Waals surface area (Å²) < 4.78 is 24.0. The van der Waals surface area contributed by atoms with E-state index >= 15 is 0 Å². The lowest BCUT2D eigenvalue weighted by molar-refractivity contribution is 0.0935. The van der Waals surface area contributed by atoms with Crippen LogP contribution in [0.15, 0.2) is 65.7 Å². The summed E-state index contributed by atoms with van der Waals surface area (Å²) in [5.74, 6) is 0.0246. The van der Waals surface area contributed by atoms with E-state index in [0.29, 0.717) is 9.77 Å². The van der Waals surface area contributed by atoms with Crippen LogP contribution in [0.4, 0.5) is 5.69 Å². The molecule has 1 aliphatic heterocycles. The van der Waals surface area contributed by atoms with Gasteiger partial charge in [-0.15, -0.1) is 11.3 Å². The molecule has 1 amide bonds. The van der Waals surface area contributed by atoms with Gasteiger partial charge in [0.15, 0.2) is 9.84 Å². The first-order valence-corrected chi connectivity index (χ1v) is 12.8. The van der Waals surface area contributed by atoms with Crippen molar-refractivity contribution in [3.63, 3.8) is 0 Å². The van der Waals surface area contributed by atoms with Crippen molar-refractivity contribution >= 4 is 32.8 Å². The van der Waals surface area contributed by atoms with Crippen molar-refractivity contribution in [2.24, 2.45) is 0 Å². The van der Waals surface area contributed by atoms with Crippen LogP contribution in [0.2, 0.25) is 0 Å². The Kier molecular flexibility index (Phi) is 6.38. The minimum Gasteiger partial charge on any atom is -0.371 e. The molecule has 1 fully saturated rings. The van der Waals surface area contributed by atoms with Gasteiger partial charge in [-0.3, -0.25) is 4.79 Å². The van der Waals surface area contributed by atoms with Crippen LogP contribution in [0.5, 0.6) is 0 Å². The highest BCUT2D eigenvalue weighted by Gasteiger charge is 2.23. The number of hydrogen-bond donors (Lipinski definition) is 1. The van der Waals surface area contributed by atoms with E-state index in [1.165, 1.54) is 11.3 Å². The van der Waals surface area contributed by atoms with Gasteiger partial charge >= 0.3 is 0 Å². The molecule has 162 valence electrons. The van der Waals surface area contributed by atoms with Crippen LogP contribution in [0.1, 0.15) is 29.4 Å². The van der Waals surface area contributed by atoms with E-state index in [2.05, 4.69) is 15.2 Å². The molecular formula is C23H25N3O3S2. The molecule has 0 radical (unpaired) electrons. The predicted molar refractivity (Wildman–Crippen MR) is 124 cm³/mol. The smallest absolute Gasteiger partial charge is 0.263 e. The van der Waals surface area contributed by atoms with E-state index in [9.17, 15) is 13.2 Å². The lowest BCUT2D eigenvalue weighted by Gasteiger charge is -2.34. The number of carbonyl (C=O) groups excluding carboxylic acids is 1. The fourth-order valence-corrected chi connectivity index (χ4v) is 5.37. The fraction of sp³-hybridized carbons (Fsp3) is 0.304. The largest absolute Gasteiger partial charge is 0.371 e. The molecule has 2 heterocycles. The number of nitrogens with one attached hydrogen (secondary N) is 1. The monoisotopic (exact) mass is 455 g/mol. The molecule has 6 nitrogen and oxygen atoms in total. The first kappa shape index (κ1) is 21.5. The van der Waals surface area contributed by atoms with Crippen LogP contribution >= 0.6 is 11.3 Å². The lowest BCUT2D eigenvalue weighted by Crippen LogP contribution is -2.44. The topological polar surface area (TPSA) is 79.4 Å². The predicted octanol–water partition coefficient (Wildman–Crippen LogP) is 4.00. The number of carbonyl (C=O) groups is 1. The van der Waals surface area contributed by atoms with Crippen LogP contribution < -0.4 is 10.2 Å². The van der Waals surface area contributed by atoms with Crippen molar-refractivity contribution < 1.29 is 13.2 Å². The third-order valence-electron chi connectivity index (χ3n) is 5.52. The van der Waals surface area contributed by atoms with Crippen molar-refractivity contribution in [3.05, 3.63) is 65.7 Å². The normalized spacial score (nSPS) is 15.1. The summed E-state index contributed by atoms with van der Waals surface area (Å²) in [6.07, 6.45) is 3.32. The van der Waals surface area contributed by atoms with E-state index < -0.39 is 9.84 Å². The van der Waals surface area contributed by atoms with E-state index in [1.807, 2.05) is 42.5 Å². The zero-order valence-corrected chi connectivity index (χ0v) is 19.0. The van der Waals surface area contributed by atoms with E-state index in [4.69, 9.17) is 0 Å². The summed E-state index contributed by atoms with van der Waals surface area (Å²) >= 11 is 1.40. The minimum atomic E-state index is -3.18. The number of benzene rings is 2. The first-order chi connectivity index (χ1) is 15.0. The lowest BCUT2D eigenvalue weighted by atomic mass is 10.0. The van der Waals surface area contributed by atoms with Crippen LogP contribution in [0.3, 0.4) is 0 Å². The Morgan fingerprint density at radius 3 is 2.42 bits per heavy atom. The number of rotatable bonds is 6. The Hall–Kier alpha value is -2.71. The molecule has 8 heteroatoms. The van der Waals surface area contributed by atoms with Gasteiger partial charge < -0.3 is 10.2 Å². The zero-order valence-electron chi connectivity index (χ0n) is 17.3. The average molecular weight is 456 g/mol. The van der Waals surface area contributed by atoms with Crippen molar-refractivity contribution in [1.82, 2.24) is 10.3 Å². The molecule has 31 heavy (non-hydrogen) atoms. The summed E-state index contributed by atoms with van der Waals surface area (Å²) in [7, 11) is -3.18. The van der Waals surface area contributed by atoms with Crippen LogP contribution in [-0.4, -0.2) is 44.2 Å². The van der Waals surface area contributed by atoms with Gasteiger partial charge in [0.05, 0.1) is 16.8 Å². The summed E-state index contributed by atoms with van der Waals surface area (Å²) in [5, 5.41) is 3.98. The molecule has 0 bridgehead atoms. The fourth-order valence-electron chi connectivity index (χ4n) is 3.66. The van der Waals surface area contributed by atoms with Gasteiger partial charge in [0.25, 0.3) is 5.91 Å². The van der Waals surface area contributed by atoms with Gasteiger partial charge in [0, 0.05) is 30.4 Å². The molecule has 4 rings (SSSR count). The Balaban J connectivity index is 1.32. The summed E-state index contributed by atoms with van der Waals surface area (Å²) in [6, 6.07) is 17.0. The Morgan fingerprint density at radius 1 is 1.10 bits per heavy atom. The summed E-state index contributed by atoms with van der Waals surface area (Å²) in [4.78, 5) is 20.3.